The number of nitrogens with zero attached hydrogens (tertiary/aromatic N) is 2. The molecule has 1 aliphatic rings. The number of aromatic nitrogens is 1. The maximum atomic E-state index is 13.8. The van der Waals surface area contributed by atoms with Crippen molar-refractivity contribution in [3.63, 3.8) is 0 Å². The number of hydrogen-bond donors (Lipinski definition) is 3. The number of aliphatic hydroxyl groups is 1. The second kappa shape index (κ2) is 16.9. The minimum absolute atomic E-state index is 0.0494. The maximum absolute atomic E-state index is 13.8. The first-order valence-corrected chi connectivity index (χ1v) is 16.6. The summed E-state index contributed by atoms with van der Waals surface area (Å²) in [5, 5.41) is 16.4. The molecule has 1 saturated heterocycles. The molecule has 43 heavy (non-hydrogen) atoms. The fourth-order valence-corrected chi connectivity index (χ4v) is 5.31. The van der Waals surface area contributed by atoms with Gasteiger partial charge in [-0.1, -0.05) is 99.9 Å². The quantitative estimate of drug-likeness (QED) is 0.307. The topological polar surface area (TPSA) is 112 Å². The summed E-state index contributed by atoms with van der Waals surface area (Å²) in [4.78, 5) is 46.9. The molecule has 1 aliphatic heterocycles. The monoisotopic (exact) mass is 616 g/mol. The molecule has 3 rings (SSSR count). The second-order valence-electron chi connectivity index (χ2n) is 12.7. The highest BCUT2D eigenvalue weighted by molar-refractivity contribution is 7.13. The lowest BCUT2D eigenvalue weighted by Crippen LogP contribution is -2.59. The van der Waals surface area contributed by atoms with Crippen molar-refractivity contribution < 1.29 is 19.5 Å². The smallest absolute Gasteiger partial charge is 0.246 e. The normalized spacial score (nSPS) is 17.9. The van der Waals surface area contributed by atoms with Crippen LogP contribution in [0.2, 0.25) is 0 Å². The molecule has 3 amide bonds. The zero-order valence-corrected chi connectivity index (χ0v) is 29.3. The molecule has 1 aromatic heterocycles. The van der Waals surface area contributed by atoms with Crippen molar-refractivity contribution in [1.29, 1.82) is 0 Å². The number of carbonyl (C=O) groups excluding carboxylic acids is 3. The third kappa shape index (κ3) is 10.4. The van der Waals surface area contributed by atoms with Crippen molar-refractivity contribution in [1.82, 2.24) is 20.5 Å². The van der Waals surface area contributed by atoms with E-state index in [4.69, 9.17) is 0 Å². The average molecular weight is 617 g/mol. The van der Waals surface area contributed by atoms with Crippen LogP contribution in [0, 0.1) is 17.8 Å². The van der Waals surface area contributed by atoms with Crippen molar-refractivity contribution in [2.45, 2.75) is 127 Å². The zero-order valence-electron chi connectivity index (χ0n) is 28.5. The summed E-state index contributed by atoms with van der Waals surface area (Å²) >= 11 is 1.59. The lowest BCUT2D eigenvalue weighted by Gasteiger charge is -2.37. The fourth-order valence-electron chi connectivity index (χ4n) is 4.50. The summed E-state index contributed by atoms with van der Waals surface area (Å²) in [7, 11) is 0. The number of β-amino-alcohol motifs (C(OH)–C–C–N with tert-alkyl or cyclic N) is 1. The molecule has 3 N–H and O–H groups in total. The summed E-state index contributed by atoms with van der Waals surface area (Å²) in [6, 6.07) is 6.04. The molecule has 242 valence electrons. The van der Waals surface area contributed by atoms with E-state index in [0.717, 1.165) is 21.7 Å². The lowest BCUT2D eigenvalue weighted by molar-refractivity contribution is -0.145. The van der Waals surface area contributed by atoms with Crippen LogP contribution >= 0.6 is 11.3 Å². The predicted molar refractivity (Wildman–Crippen MR) is 178 cm³/mol. The summed E-state index contributed by atoms with van der Waals surface area (Å²) in [6.07, 6.45) is 1.22. The first-order chi connectivity index (χ1) is 20.1. The van der Waals surface area contributed by atoms with Gasteiger partial charge in [0, 0.05) is 18.4 Å². The number of likely N-dealkylation sites (tertiary alicyclic amines) is 1. The van der Waals surface area contributed by atoms with Gasteiger partial charge in [0.25, 0.3) is 0 Å². The van der Waals surface area contributed by atoms with Crippen molar-refractivity contribution in [3.05, 3.63) is 41.0 Å². The van der Waals surface area contributed by atoms with Gasteiger partial charge < -0.3 is 20.6 Å². The van der Waals surface area contributed by atoms with Gasteiger partial charge in [0.05, 0.1) is 28.2 Å². The molecule has 1 aromatic carbocycles. The molecule has 1 fully saturated rings. The van der Waals surface area contributed by atoms with Crippen LogP contribution in [0.4, 0.5) is 0 Å². The molecule has 0 aliphatic carbocycles. The molecule has 9 heteroatoms. The predicted octanol–water partition coefficient (Wildman–Crippen LogP) is 6.67. The lowest BCUT2D eigenvalue weighted by atomic mass is 9.83. The van der Waals surface area contributed by atoms with Gasteiger partial charge in [-0.2, -0.15) is 0 Å². The highest BCUT2D eigenvalue weighted by Gasteiger charge is 2.45. The van der Waals surface area contributed by atoms with Gasteiger partial charge >= 0.3 is 0 Å². The van der Waals surface area contributed by atoms with Crippen molar-refractivity contribution in [2.24, 2.45) is 10.8 Å². The number of hydrogen-bond acceptors (Lipinski definition) is 6. The number of nitrogens with one attached hydrogen (secondary N) is 2. The number of amides is 3. The summed E-state index contributed by atoms with van der Waals surface area (Å²) < 4.78 is 0. The van der Waals surface area contributed by atoms with Gasteiger partial charge in [-0.3, -0.25) is 14.4 Å². The molecule has 0 saturated carbocycles. The third-order valence-corrected chi connectivity index (χ3v) is 8.51. The Morgan fingerprint density at radius 1 is 1.05 bits per heavy atom. The number of aryl methyl sites for hydroxylation is 1. The number of aliphatic hydroxyl groups excluding tert-OH is 1. The Morgan fingerprint density at radius 3 is 2.07 bits per heavy atom. The van der Waals surface area contributed by atoms with Crippen LogP contribution in [0.15, 0.2) is 29.8 Å². The van der Waals surface area contributed by atoms with E-state index >= 15 is 0 Å². The molecule has 2 aromatic rings. The van der Waals surface area contributed by atoms with E-state index in [1.165, 1.54) is 11.3 Å². The highest BCUT2D eigenvalue weighted by Crippen LogP contribution is 2.30. The van der Waals surface area contributed by atoms with Gasteiger partial charge in [-0.05, 0) is 36.8 Å². The number of rotatable bonds is 8. The SMILES string of the molecule is CC.CCC.CCC(C)(C)C(=O)NC(C(=O)N1CC(O)CC1C(=O)NC(C)c1ccc(-c2scnc2C)cc1)C(C)(C)C. The summed E-state index contributed by atoms with van der Waals surface area (Å²) in [6.45, 7) is 23.4. The van der Waals surface area contributed by atoms with Crippen LogP contribution in [0.3, 0.4) is 0 Å². The Hall–Kier alpha value is -2.78. The molecule has 0 bridgehead atoms. The average Bonchev–Trinajstić information content (AvgIpc) is 3.57. The van der Waals surface area contributed by atoms with Crippen LogP contribution in [0.25, 0.3) is 10.4 Å². The van der Waals surface area contributed by atoms with Gasteiger partial charge in [0.2, 0.25) is 17.7 Å². The first-order valence-electron chi connectivity index (χ1n) is 15.7. The Labute approximate surface area is 264 Å². The molecule has 2 heterocycles. The molecule has 0 radical (unpaired) electrons. The van der Waals surface area contributed by atoms with Crippen molar-refractivity contribution in [2.75, 3.05) is 6.54 Å². The van der Waals surface area contributed by atoms with Crippen LogP contribution in [0.5, 0.6) is 0 Å². The van der Waals surface area contributed by atoms with E-state index in [1.54, 1.807) is 11.3 Å². The highest BCUT2D eigenvalue weighted by atomic mass is 32.1. The molecular weight excluding hydrogens is 560 g/mol. The number of benzene rings is 1. The second-order valence-corrected chi connectivity index (χ2v) is 13.6. The van der Waals surface area contributed by atoms with Gasteiger partial charge in [-0.25, -0.2) is 4.98 Å². The molecular formula is C34H56N4O4S. The maximum Gasteiger partial charge on any atom is 0.246 e. The molecule has 8 nitrogen and oxygen atoms in total. The first kappa shape index (κ1) is 38.2. The van der Waals surface area contributed by atoms with Crippen LogP contribution in [-0.4, -0.2) is 57.4 Å². The van der Waals surface area contributed by atoms with E-state index in [0.29, 0.717) is 6.42 Å². The van der Waals surface area contributed by atoms with Crippen molar-refractivity contribution >= 4 is 29.1 Å². The number of thiazole rings is 1. The molecule has 0 spiro atoms. The Balaban J connectivity index is 0.00000174. The minimum Gasteiger partial charge on any atom is -0.391 e. The van der Waals surface area contributed by atoms with E-state index in [9.17, 15) is 19.5 Å². The minimum atomic E-state index is -0.832. The van der Waals surface area contributed by atoms with Gasteiger partial charge in [-0.15, -0.1) is 11.3 Å². The van der Waals surface area contributed by atoms with Gasteiger partial charge in [0.15, 0.2) is 0 Å². The fraction of sp³-hybridized carbons (Fsp3) is 0.647. The van der Waals surface area contributed by atoms with Crippen LogP contribution in [0.1, 0.15) is 113 Å². The number of carbonyl (C=O) groups is 3. The third-order valence-electron chi connectivity index (χ3n) is 7.53. The van der Waals surface area contributed by atoms with Crippen LogP contribution < -0.4 is 10.6 Å². The van der Waals surface area contributed by atoms with E-state index in [-0.39, 0.29) is 36.7 Å². The van der Waals surface area contributed by atoms with Crippen LogP contribution in [-0.2, 0) is 14.4 Å². The summed E-state index contributed by atoms with van der Waals surface area (Å²) in [5.41, 5.74) is 3.60. The Bertz CT molecular complexity index is 1170. The Morgan fingerprint density at radius 2 is 1.60 bits per heavy atom. The van der Waals surface area contributed by atoms with E-state index < -0.39 is 29.0 Å². The largest absolute Gasteiger partial charge is 0.391 e. The van der Waals surface area contributed by atoms with E-state index in [2.05, 4.69) is 29.5 Å². The van der Waals surface area contributed by atoms with Crippen molar-refractivity contribution in [3.8, 4) is 10.4 Å². The molecule has 4 unspecified atom stereocenters. The summed E-state index contributed by atoms with van der Waals surface area (Å²) in [5.74, 6) is -0.886. The standard InChI is InChI=1S/C29H42N4O4S.C3H8.C2H6/c1-9-29(7,8)27(37)32-24(28(4,5)6)26(36)33-15-21(34)14-22(33)25(35)31-17(2)19-10-12-20(13-11-19)23-18(3)30-16-38-23;1-3-2;1-2/h10-13,16-17,21-22,24,34H,9,14-15H2,1-8H3,(H,31,35)(H,32,37);3H2,1-2H3;1-2H3. The molecule has 4 atom stereocenters. The Kier molecular flexibility index (Phi) is 15.0. The zero-order chi connectivity index (χ0) is 33.1. The van der Waals surface area contributed by atoms with Gasteiger partial charge in [0.1, 0.15) is 12.1 Å². The van der Waals surface area contributed by atoms with E-state index in [1.807, 2.05) is 99.0 Å².